The van der Waals surface area contributed by atoms with Gasteiger partial charge in [-0.05, 0) is 24.3 Å². The molecule has 0 amide bonds. The number of halogens is 1. The summed E-state index contributed by atoms with van der Waals surface area (Å²) in [5.41, 5.74) is 1.47. The molecule has 0 aliphatic carbocycles. The van der Waals surface area contributed by atoms with Gasteiger partial charge in [0.1, 0.15) is 5.82 Å². The standard InChI is InChI=1S/C15H13FN4/c16-14-5-2-1-4-12(14)10-17-13-6-7-15(18-11-13)20-9-3-8-19-20/h1-9,11,17H,10H2. The molecule has 2 aromatic heterocycles. The molecule has 4 nitrogen and oxygen atoms in total. The predicted octanol–water partition coefficient (Wildman–Crippen LogP) is 3.02. The maximum atomic E-state index is 13.5. The van der Waals surface area contributed by atoms with E-state index in [9.17, 15) is 4.39 Å². The second-order valence-corrected chi connectivity index (χ2v) is 4.30. The molecule has 0 fully saturated rings. The first-order valence-corrected chi connectivity index (χ1v) is 6.26. The first-order valence-electron chi connectivity index (χ1n) is 6.26. The van der Waals surface area contributed by atoms with Crippen molar-refractivity contribution in [2.24, 2.45) is 0 Å². The summed E-state index contributed by atoms with van der Waals surface area (Å²) in [6.07, 6.45) is 5.23. The highest BCUT2D eigenvalue weighted by atomic mass is 19.1. The topological polar surface area (TPSA) is 42.7 Å². The number of rotatable bonds is 4. The first-order chi connectivity index (χ1) is 9.83. The summed E-state index contributed by atoms with van der Waals surface area (Å²) in [5, 5.41) is 7.25. The van der Waals surface area contributed by atoms with E-state index in [2.05, 4.69) is 15.4 Å². The molecule has 20 heavy (non-hydrogen) atoms. The number of hydrogen-bond donors (Lipinski definition) is 1. The highest BCUT2D eigenvalue weighted by Crippen LogP contribution is 2.12. The van der Waals surface area contributed by atoms with Crippen LogP contribution in [0.4, 0.5) is 10.1 Å². The van der Waals surface area contributed by atoms with Gasteiger partial charge in [0.15, 0.2) is 5.82 Å². The Kier molecular flexibility index (Phi) is 3.41. The Labute approximate surface area is 115 Å². The van der Waals surface area contributed by atoms with Gasteiger partial charge < -0.3 is 5.32 Å². The van der Waals surface area contributed by atoms with E-state index in [0.29, 0.717) is 12.1 Å². The number of benzene rings is 1. The Morgan fingerprint density at radius 3 is 2.70 bits per heavy atom. The van der Waals surface area contributed by atoms with Crippen molar-refractivity contribution >= 4 is 5.69 Å². The second kappa shape index (κ2) is 5.52. The zero-order valence-electron chi connectivity index (χ0n) is 10.7. The molecule has 5 heteroatoms. The van der Waals surface area contributed by atoms with Crippen LogP contribution in [0.2, 0.25) is 0 Å². The Hall–Kier alpha value is -2.69. The smallest absolute Gasteiger partial charge is 0.153 e. The average molecular weight is 268 g/mol. The van der Waals surface area contributed by atoms with E-state index in [1.165, 1.54) is 6.07 Å². The highest BCUT2D eigenvalue weighted by Gasteiger charge is 2.01. The van der Waals surface area contributed by atoms with Crippen molar-refractivity contribution in [3.8, 4) is 5.82 Å². The average Bonchev–Trinajstić information content (AvgIpc) is 3.01. The Morgan fingerprint density at radius 1 is 1.10 bits per heavy atom. The van der Waals surface area contributed by atoms with Gasteiger partial charge in [-0.15, -0.1) is 0 Å². The molecule has 0 saturated heterocycles. The lowest BCUT2D eigenvalue weighted by Gasteiger charge is -2.08. The van der Waals surface area contributed by atoms with Crippen molar-refractivity contribution in [1.29, 1.82) is 0 Å². The molecular weight excluding hydrogens is 255 g/mol. The van der Waals surface area contributed by atoms with Gasteiger partial charge in [-0.2, -0.15) is 5.10 Å². The van der Waals surface area contributed by atoms with Crippen molar-refractivity contribution in [3.05, 3.63) is 72.4 Å². The predicted molar refractivity (Wildman–Crippen MR) is 75.1 cm³/mol. The molecule has 2 heterocycles. The van der Waals surface area contributed by atoms with Gasteiger partial charge in [0.2, 0.25) is 0 Å². The molecule has 100 valence electrons. The Morgan fingerprint density at radius 2 is 2.00 bits per heavy atom. The lowest BCUT2D eigenvalue weighted by atomic mass is 10.2. The molecule has 1 N–H and O–H groups in total. The molecule has 0 saturated carbocycles. The molecule has 1 aromatic carbocycles. The van der Waals surface area contributed by atoms with E-state index in [0.717, 1.165) is 11.5 Å². The quantitative estimate of drug-likeness (QED) is 0.791. The van der Waals surface area contributed by atoms with Crippen LogP contribution in [0.5, 0.6) is 0 Å². The minimum atomic E-state index is -0.207. The van der Waals surface area contributed by atoms with Gasteiger partial charge in [-0.1, -0.05) is 18.2 Å². The fourth-order valence-electron chi connectivity index (χ4n) is 1.87. The molecule has 0 aliphatic heterocycles. The molecule has 0 unspecified atom stereocenters. The minimum Gasteiger partial charge on any atom is -0.380 e. The third kappa shape index (κ3) is 2.66. The van der Waals surface area contributed by atoms with Crippen LogP contribution in [-0.4, -0.2) is 14.8 Å². The largest absolute Gasteiger partial charge is 0.380 e. The molecule has 0 radical (unpaired) electrons. The highest BCUT2D eigenvalue weighted by molar-refractivity contribution is 5.44. The number of hydrogen-bond acceptors (Lipinski definition) is 3. The number of aromatic nitrogens is 3. The zero-order valence-corrected chi connectivity index (χ0v) is 10.7. The fourth-order valence-corrected chi connectivity index (χ4v) is 1.87. The van der Waals surface area contributed by atoms with E-state index in [4.69, 9.17) is 0 Å². The lowest BCUT2D eigenvalue weighted by molar-refractivity contribution is 0.613. The summed E-state index contributed by atoms with van der Waals surface area (Å²) in [6, 6.07) is 12.3. The van der Waals surface area contributed by atoms with E-state index < -0.39 is 0 Å². The lowest BCUT2D eigenvalue weighted by Crippen LogP contribution is -2.03. The van der Waals surface area contributed by atoms with Crippen molar-refractivity contribution < 1.29 is 4.39 Å². The van der Waals surface area contributed by atoms with Crippen LogP contribution in [0, 0.1) is 5.82 Å². The van der Waals surface area contributed by atoms with Gasteiger partial charge in [-0.25, -0.2) is 14.1 Å². The molecule has 3 rings (SSSR count). The van der Waals surface area contributed by atoms with Crippen molar-refractivity contribution in [2.75, 3.05) is 5.32 Å². The van der Waals surface area contributed by atoms with Crippen LogP contribution in [-0.2, 0) is 6.54 Å². The van der Waals surface area contributed by atoms with Gasteiger partial charge in [0.05, 0.1) is 11.9 Å². The van der Waals surface area contributed by atoms with E-state index in [1.807, 2.05) is 30.5 Å². The van der Waals surface area contributed by atoms with E-state index in [1.54, 1.807) is 29.2 Å². The van der Waals surface area contributed by atoms with Crippen LogP contribution in [0.15, 0.2) is 61.1 Å². The van der Waals surface area contributed by atoms with Crippen LogP contribution in [0.1, 0.15) is 5.56 Å². The van der Waals surface area contributed by atoms with E-state index >= 15 is 0 Å². The van der Waals surface area contributed by atoms with Crippen molar-refractivity contribution in [3.63, 3.8) is 0 Å². The summed E-state index contributed by atoms with van der Waals surface area (Å²) in [6.45, 7) is 0.426. The molecule has 0 atom stereocenters. The minimum absolute atomic E-state index is 0.207. The maximum Gasteiger partial charge on any atom is 0.153 e. The molecule has 0 bridgehead atoms. The number of anilines is 1. The summed E-state index contributed by atoms with van der Waals surface area (Å²) < 4.78 is 15.2. The molecular formula is C15H13FN4. The van der Waals surface area contributed by atoms with Gasteiger partial charge in [0.25, 0.3) is 0 Å². The number of pyridine rings is 1. The van der Waals surface area contributed by atoms with E-state index in [-0.39, 0.29) is 5.82 Å². The summed E-state index contributed by atoms with van der Waals surface area (Å²) in [4.78, 5) is 4.30. The second-order valence-electron chi connectivity index (χ2n) is 4.30. The van der Waals surface area contributed by atoms with Gasteiger partial charge >= 0.3 is 0 Å². The summed E-state index contributed by atoms with van der Waals surface area (Å²) in [5.74, 6) is 0.535. The molecule has 3 aromatic rings. The Bertz CT molecular complexity index is 677. The number of nitrogens with zero attached hydrogens (tertiary/aromatic N) is 3. The van der Waals surface area contributed by atoms with Crippen molar-refractivity contribution in [1.82, 2.24) is 14.8 Å². The fraction of sp³-hybridized carbons (Fsp3) is 0.0667. The van der Waals surface area contributed by atoms with Gasteiger partial charge in [-0.3, -0.25) is 0 Å². The molecule has 0 aliphatic rings. The van der Waals surface area contributed by atoms with Gasteiger partial charge in [0, 0.05) is 24.5 Å². The third-order valence-corrected chi connectivity index (χ3v) is 2.93. The first kappa shape index (κ1) is 12.3. The van der Waals surface area contributed by atoms with Crippen LogP contribution in [0.25, 0.3) is 5.82 Å². The van der Waals surface area contributed by atoms with Crippen molar-refractivity contribution in [2.45, 2.75) is 6.54 Å². The van der Waals surface area contributed by atoms with Crippen LogP contribution >= 0.6 is 0 Å². The number of nitrogens with one attached hydrogen (secondary N) is 1. The summed E-state index contributed by atoms with van der Waals surface area (Å²) >= 11 is 0. The normalized spacial score (nSPS) is 10.4. The molecule has 0 spiro atoms. The third-order valence-electron chi connectivity index (χ3n) is 2.93. The van der Waals surface area contributed by atoms with Crippen LogP contribution < -0.4 is 5.32 Å². The Balaban J connectivity index is 1.68. The SMILES string of the molecule is Fc1ccccc1CNc1ccc(-n2cccn2)nc1. The summed E-state index contributed by atoms with van der Waals surface area (Å²) in [7, 11) is 0. The monoisotopic (exact) mass is 268 g/mol. The van der Waals surface area contributed by atoms with Crippen LogP contribution in [0.3, 0.4) is 0 Å². The zero-order chi connectivity index (χ0) is 13.8. The maximum absolute atomic E-state index is 13.5.